The lowest BCUT2D eigenvalue weighted by molar-refractivity contribution is 0.0700. The molecule has 0 bridgehead atoms. The maximum atomic E-state index is 9.30. The second-order valence-electron chi connectivity index (χ2n) is 7.36. The first-order valence-corrected chi connectivity index (χ1v) is 8.74. The number of hydrogen-bond acceptors (Lipinski definition) is 3. The average molecular weight is 282 g/mol. The van der Waals surface area contributed by atoms with Crippen LogP contribution in [0.3, 0.4) is 0 Å². The fourth-order valence-corrected chi connectivity index (χ4v) is 3.98. The zero-order chi connectivity index (χ0) is 14.4. The summed E-state index contributed by atoms with van der Waals surface area (Å²) >= 11 is 0. The van der Waals surface area contributed by atoms with Crippen LogP contribution in [-0.4, -0.2) is 48.8 Å². The highest BCUT2D eigenvalue weighted by molar-refractivity contribution is 4.92. The smallest absolute Gasteiger partial charge is 0.0558 e. The van der Waals surface area contributed by atoms with Gasteiger partial charge in [-0.1, -0.05) is 26.7 Å². The molecule has 118 valence electrons. The topological polar surface area (TPSA) is 35.5 Å². The molecule has 2 N–H and O–H groups in total. The lowest BCUT2D eigenvalue weighted by atomic mass is 9.69. The Hall–Kier alpha value is -0.120. The normalized spacial score (nSPS) is 30.9. The van der Waals surface area contributed by atoms with Crippen LogP contribution in [0.4, 0.5) is 0 Å². The largest absolute Gasteiger partial charge is 0.395 e. The Bertz CT molecular complexity index is 274. The first-order valence-electron chi connectivity index (χ1n) is 8.74. The van der Waals surface area contributed by atoms with E-state index < -0.39 is 0 Å². The van der Waals surface area contributed by atoms with Crippen molar-refractivity contribution in [3.63, 3.8) is 0 Å². The minimum Gasteiger partial charge on any atom is -0.395 e. The van der Waals surface area contributed by atoms with Gasteiger partial charge in [0.25, 0.3) is 0 Å². The summed E-state index contributed by atoms with van der Waals surface area (Å²) in [5.41, 5.74) is 0.449. The van der Waals surface area contributed by atoms with E-state index in [0.29, 0.717) is 12.0 Å². The van der Waals surface area contributed by atoms with Crippen molar-refractivity contribution in [2.24, 2.45) is 11.3 Å². The van der Waals surface area contributed by atoms with Gasteiger partial charge in [0.2, 0.25) is 0 Å². The Morgan fingerprint density at radius 1 is 1.25 bits per heavy atom. The first kappa shape index (κ1) is 16.3. The van der Waals surface area contributed by atoms with Crippen LogP contribution in [-0.2, 0) is 0 Å². The van der Waals surface area contributed by atoms with E-state index in [0.717, 1.165) is 25.0 Å². The summed E-state index contributed by atoms with van der Waals surface area (Å²) in [6.45, 7) is 9.28. The van der Waals surface area contributed by atoms with E-state index in [2.05, 4.69) is 24.1 Å². The highest BCUT2D eigenvalue weighted by Crippen LogP contribution is 2.40. The lowest BCUT2D eigenvalue weighted by Crippen LogP contribution is -2.48. The van der Waals surface area contributed by atoms with E-state index in [9.17, 15) is 5.11 Å². The van der Waals surface area contributed by atoms with Crippen molar-refractivity contribution >= 4 is 0 Å². The third-order valence-electron chi connectivity index (χ3n) is 5.04. The first-order chi connectivity index (χ1) is 9.67. The minimum atomic E-state index is 0.293. The molecule has 0 spiro atoms. The summed E-state index contributed by atoms with van der Waals surface area (Å²) in [6.07, 6.45) is 9.44. The van der Waals surface area contributed by atoms with Gasteiger partial charge in [0.1, 0.15) is 0 Å². The molecule has 0 radical (unpaired) electrons. The Kier molecular flexibility index (Phi) is 6.31. The maximum Gasteiger partial charge on any atom is 0.0558 e. The Morgan fingerprint density at radius 3 is 2.65 bits per heavy atom. The van der Waals surface area contributed by atoms with Crippen molar-refractivity contribution in [2.45, 2.75) is 64.8 Å². The van der Waals surface area contributed by atoms with E-state index in [4.69, 9.17) is 0 Å². The number of hydrogen-bond donors (Lipinski definition) is 2. The van der Waals surface area contributed by atoms with Gasteiger partial charge in [-0.2, -0.15) is 0 Å². The van der Waals surface area contributed by atoms with E-state index in [1.54, 1.807) is 0 Å². The summed E-state index contributed by atoms with van der Waals surface area (Å²) in [4.78, 5) is 2.49. The Morgan fingerprint density at radius 2 is 2.05 bits per heavy atom. The molecule has 0 aromatic heterocycles. The molecule has 2 fully saturated rings. The number of aliphatic hydroxyl groups is 1. The third-order valence-corrected chi connectivity index (χ3v) is 5.04. The predicted octanol–water partition coefficient (Wildman–Crippen LogP) is 2.64. The lowest BCUT2D eigenvalue weighted by Gasteiger charge is -2.43. The van der Waals surface area contributed by atoms with Crippen LogP contribution in [0.25, 0.3) is 0 Å². The second kappa shape index (κ2) is 7.77. The monoisotopic (exact) mass is 282 g/mol. The third kappa shape index (κ3) is 5.01. The minimum absolute atomic E-state index is 0.293. The van der Waals surface area contributed by atoms with Gasteiger partial charge < -0.3 is 15.3 Å². The maximum absolute atomic E-state index is 9.30. The fourth-order valence-electron chi connectivity index (χ4n) is 3.98. The second-order valence-corrected chi connectivity index (χ2v) is 7.36. The molecule has 2 saturated carbocycles. The molecule has 2 aliphatic carbocycles. The van der Waals surface area contributed by atoms with Crippen molar-refractivity contribution in [3.8, 4) is 0 Å². The van der Waals surface area contributed by atoms with Crippen molar-refractivity contribution < 1.29 is 5.11 Å². The number of nitrogens with zero attached hydrogens (tertiary/aromatic N) is 1. The molecule has 2 rings (SSSR count). The van der Waals surface area contributed by atoms with E-state index in [-0.39, 0.29) is 0 Å². The van der Waals surface area contributed by atoms with Crippen molar-refractivity contribution in [1.82, 2.24) is 10.2 Å². The van der Waals surface area contributed by atoms with Crippen molar-refractivity contribution in [2.75, 3.05) is 32.8 Å². The molecule has 20 heavy (non-hydrogen) atoms. The van der Waals surface area contributed by atoms with Gasteiger partial charge in [-0.05, 0) is 50.0 Å². The summed E-state index contributed by atoms with van der Waals surface area (Å²) in [5.74, 6) is 0.863. The van der Waals surface area contributed by atoms with E-state index in [1.807, 2.05) is 0 Å². The van der Waals surface area contributed by atoms with E-state index >= 15 is 0 Å². The van der Waals surface area contributed by atoms with Gasteiger partial charge in [0, 0.05) is 25.7 Å². The quantitative estimate of drug-likeness (QED) is 0.682. The highest BCUT2D eigenvalue weighted by atomic mass is 16.3. The van der Waals surface area contributed by atoms with E-state index in [1.165, 1.54) is 58.0 Å². The Labute approximate surface area is 125 Å². The zero-order valence-corrected chi connectivity index (χ0v) is 13.5. The van der Waals surface area contributed by atoms with Gasteiger partial charge in [-0.25, -0.2) is 0 Å². The van der Waals surface area contributed by atoms with Crippen LogP contribution in [0.5, 0.6) is 0 Å². The number of rotatable bonds is 9. The fraction of sp³-hybridized carbons (Fsp3) is 1.00. The van der Waals surface area contributed by atoms with Crippen LogP contribution in [0, 0.1) is 11.3 Å². The number of nitrogens with one attached hydrogen (secondary N) is 1. The van der Waals surface area contributed by atoms with Gasteiger partial charge in [-0.15, -0.1) is 0 Å². The molecule has 2 aliphatic rings. The molecule has 0 amide bonds. The number of aliphatic hydroxyl groups excluding tert-OH is 1. The van der Waals surface area contributed by atoms with Gasteiger partial charge in [-0.3, -0.25) is 0 Å². The van der Waals surface area contributed by atoms with Crippen LogP contribution in [0.15, 0.2) is 0 Å². The molecular weight excluding hydrogens is 248 g/mol. The molecule has 0 aliphatic heterocycles. The SMILES string of the molecule is CCCN(CCO)CC1(CNC2CC2)CCCC(C)C1. The summed E-state index contributed by atoms with van der Waals surface area (Å²) < 4.78 is 0. The highest BCUT2D eigenvalue weighted by Gasteiger charge is 2.37. The molecule has 3 nitrogen and oxygen atoms in total. The molecule has 2 unspecified atom stereocenters. The van der Waals surface area contributed by atoms with Crippen LogP contribution < -0.4 is 5.32 Å². The molecular formula is C17H34N2O. The summed E-state index contributed by atoms with van der Waals surface area (Å²) in [7, 11) is 0. The van der Waals surface area contributed by atoms with Crippen molar-refractivity contribution in [1.29, 1.82) is 0 Å². The van der Waals surface area contributed by atoms with Crippen LogP contribution in [0.2, 0.25) is 0 Å². The average Bonchev–Trinajstić information content (AvgIpc) is 3.21. The van der Waals surface area contributed by atoms with Gasteiger partial charge in [0.05, 0.1) is 6.61 Å². The summed E-state index contributed by atoms with van der Waals surface area (Å²) in [6, 6.07) is 0.807. The van der Waals surface area contributed by atoms with Crippen LogP contribution in [0.1, 0.15) is 58.8 Å². The summed E-state index contributed by atoms with van der Waals surface area (Å²) in [5, 5.41) is 13.1. The van der Waals surface area contributed by atoms with Crippen LogP contribution >= 0.6 is 0 Å². The zero-order valence-electron chi connectivity index (χ0n) is 13.5. The molecule has 0 aromatic carbocycles. The predicted molar refractivity (Wildman–Crippen MR) is 84.9 cm³/mol. The van der Waals surface area contributed by atoms with Gasteiger partial charge in [0.15, 0.2) is 0 Å². The standard InChI is InChI=1S/C17H34N2O/c1-3-9-19(10-11-20)14-17(13-18-16-6-7-16)8-4-5-15(2)12-17/h15-16,18,20H,3-14H2,1-2H3. The molecule has 0 heterocycles. The Balaban J connectivity index is 1.95. The molecule has 0 saturated heterocycles. The van der Waals surface area contributed by atoms with Crippen molar-refractivity contribution in [3.05, 3.63) is 0 Å². The molecule has 3 heteroatoms. The molecule has 2 atom stereocenters. The molecule has 0 aromatic rings. The van der Waals surface area contributed by atoms with Gasteiger partial charge >= 0.3 is 0 Å².